The van der Waals surface area contributed by atoms with E-state index < -0.39 is 10.0 Å². The minimum absolute atomic E-state index is 0.383. The van der Waals surface area contributed by atoms with Crippen molar-refractivity contribution in [2.75, 3.05) is 18.8 Å². The normalized spacial score (nSPS) is 20.0. The molecule has 0 aliphatic carbocycles. The zero-order valence-corrected chi connectivity index (χ0v) is 9.96. The predicted octanol–water partition coefficient (Wildman–Crippen LogP) is 1.35. The van der Waals surface area contributed by atoms with E-state index in [1.165, 1.54) is 10.7 Å². The van der Waals surface area contributed by atoms with Crippen molar-refractivity contribution in [3.05, 3.63) is 0 Å². The summed E-state index contributed by atoms with van der Waals surface area (Å²) in [5.74, 6) is 0.286. The maximum Gasteiger partial charge on any atom is 0.227 e. The molecule has 0 atom stereocenters. The summed E-state index contributed by atoms with van der Waals surface area (Å²) in [6.45, 7) is 3.34. The molecule has 86 valence electrons. The molecule has 0 N–H and O–H groups in total. The van der Waals surface area contributed by atoms with E-state index in [2.05, 4.69) is 6.92 Å². The molecule has 0 amide bonds. The molecule has 1 saturated heterocycles. The van der Waals surface area contributed by atoms with Gasteiger partial charge in [0.05, 0.1) is 6.07 Å². The van der Waals surface area contributed by atoms with Crippen molar-refractivity contribution in [2.45, 2.75) is 32.6 Å². The van der Waals surface area contributed by atoms with E-state index in [0.29, 0.717) is 19.0 Å². The van der Waals surface area contributed by atoms with Gasteiger partial charge in [0.15, 0.2) is 5.75 Å². The minimum Gasteiger partial charge on any atom is -0.211 e. The molecule has 0 bridgehead atoms. The first kappa shape index (κ1) is 12.5. The van der Waals surface area contributed by atoms with E-state index in [-0.39, 0.29) is 5.75 Å². The molecule has 0 radical (unpaired) electrons. The van der Waals surface area contributed by atoms with Crippen LogP contribution in [0.4, 0.5) is 0 Å². The molecular weight excluding hydrogens is 212 g/mol. The van der Waals surface area contributed by atoms with Gasteiger partial charge in [-0.2, -0.15) is 5.26 Å². The highest BCUT2D eigenvalue weighted by atomic mass is 32.2. The lowest BCUT2D eigenvalue weighted by molar-refractivity contribution is 0.263. The quantitative estimate of drug-likeness (QED) is 0.732. The van der Waals surface area contributed by atoms with E-state index in [4.69, 9.17) is 5.26 Å². The van der Waals surface area contributed by atoms with Crippen molar-refractivity contribution in [3.8, 4) is 6.07 Å². The van der Waals surface area contributed by atoms with Gasteiger partial charge in [0.1, 0.15) is 0 Å². The summed E-state index contributed by atoms with van der Waals surface area (Å²) in [6, 6.07) is 1.71. The molecule has 1 aliphatic heterocycles. The number of piperidine rings is 1. The van der Waals surface area contributed by atoms with Crippen LogP contribution in [-0.2, 0) is 10.0 Å². The standard InChI is InChI=1S/C10H18N2O2S/c1-2-3-10-4-7-12(8-5-10)15(13,14)9-6-11/h10H,2-5,7-9H2,1H3. The van der Waals surface area contributed by atoms with Gasteiger partial charge in [0.25, 0.3) is 0 Å². The summed E-state index contributed by atoms with van der Waals surface area (Å²) in [4.78, 5) is 0. The molecule has 0 spiro atoms. The molecule has 1 aliphatic rings. The number of rotatable bonds is 4. The van der Waals surface area contributed by atoms with E-state index in [1.807, 2.05) is 0 Å². The molecule has 15 heavy (non-hydrogen) atoms. The highest BCUT2D eigenvalue weighted by molar-refractivity contribution is 7.89. The highest BCUT2D eigenvalue weighted by Gasteiger charge is 2.27. The maximum atomic E-state index is 11.6. The molecule has 5 heteroatoms. The van der Waals surface area contributed by atoms with Gasteiger partial charge in [-0.3, -0.25) is 0 Å². The van der Waals surface area contributed by atoms with E-state index in [1.54, 1.807) is 6.07 Å². The summed E-state index contributed by atoms with van der Waals surface area (Å²) >= 11 is 0. The lowest BCUT2D eigenvalue weighted by atomic mass is 9.94. The third-order valence-corrected chi connectivity index (χ3v) is 4.56. The molecule has 0 saturated carbocycles. The first-order valence-electron chi connectivity index (χ1n) is 5.45. The topological polar surface area (TPSA) is 61.2 Å². The summed E-state index contributed by atoms with van der Waals surface area (Å²) < 4.78 is 24.6. The molecule has 0 aromatic rings. The molecule has 1 rings (SSSR count). The van der Waals surface area contributed by atoms with Crippen LogP contribution in [0.1, 0.15) is 32.6 Å². The fourth-order valence-corrected chi connectivity index (χ4v) is 3.17. The minimum atomic E-state index is -3.30. The van der Waals surface area contributed by atoms with E-state index in [0.717, 1.165) is 19.3 Å². The summed E-state index contributed by atoms with van der Waals surface area (Å²) in [7, 11) is -3.30. The Labute approximate surface area is 91.9 Å². The smallest absolute Gasteiger partial charge is 0.211 e. The van der Waals surface area contributed by atoms with Crippen molar-refractivity contribution in [1.82, 2.24) is 4.31 Å². The Morgan fingerprint density at radius 2 is 2.00 bits per heavy atom. The molecule has 0 aromatic heterocycles. The van der Waals surface area contributed by atoms with Gasteiger partial charge in [0.2, 0.25) is 10.0 Å². The van der Waals surface area contributed by atoms with Crippen molar-refractivity contribution in [2.24, 2.45) is 5.92 Å². The van der Waals surface area contributed by atoms with E-state index >= 15 is 0 Å². The Morgan fingerprint density at radius 3 is 2.47 bits per heavy atom. The fourth-order valence-electron chi connectivity index (χ4n) is 2.06. The molecule has 1 fully saturated rings. The number of hydrogen-bond acceptors (Lipinski definition) is 3. The van der Waals surface area contributed by atoms with E-state index in [9.17, 15) is 8.42 Å². The number of sulfonamides is 1. The second-order valence-corrected chi connectivity index (χ2v) is 6.01. The van der Waals surface area contributed by atoms with Gasteiger partial charge < -0.3 is 0 Å². The first-order valence-corrected chi connectivity index (χ1v) is 7.06. The lowest BCUT2D eigenvalue weighted by Gasteiger charge is -2.30. The van der Waals surface area contributed by atoms with Gasteiger partial charge in [0, 0.05) is 13.1 Å². The average Bonchev–Trinajstić information content (AvgIpc) is 2.19. The van der Waals surface area contributed by atoms with Crippen LogP contribution in [0.2, 0.25) is 0 Å². The SMILES string of the molecule is CCCC1CCN(S(=O)(=O)CC#N)CC1. The van der Waals surface area contributed by atoms with Crippen LogP contribution in [0, 0.1) is 17.2 Å². The molecular formula is C10H18N2O2S. The van der Waals surface area contributed by atoms with Crippen LogP contribution in [-0.4, -0.2) is 31.6 Å². The molecule has 4 nitrogen and oxygen atoms in total. The van der Waals surface area contributed by atoms with Gasteiger partial charge in [-0.1, -0.05) is 19.8 Å². The second-order valence-electron chi connectivity index (χ2n) is 4.05. The molecule has 1 heterocycles. The first-order chi connectivity index (χ1) is 7.10. The van der Waals surface area contributed by atoms with Gasteiger partial charge in [-0.15, -0.1) is 0 Å². The van der Waals surface area contributed by atoms with Crippen molar-refractivity contribution >= 4 is 10.0 Å². The Morgan fingerprint density at radius 1 is 1.40 bits per heavy atom. The van der Waals surface area contributed by atoms with Crippen molar-refractivity contribution in [1.29, 1.82) is 5.26 Å². The zero-order chi connectivity index (χ0) is 11.3. The largest absolute Gasteiger partial charge is 0.227 e. The van der Waals surface area contributed by atoms with Crippen molar-refractivity contribution in [3.63, 3.8) is 0 Å². The van der Waals surface area contributed by atoms with Gasteiger partial charge in [-0.05, 0) is 18.8 Å². The third kappa shape index (κ3) is 3.47. The van der Waals surface area contributed by atoms with Crippen molar-refractivity contribution < 1.29 is 8.42 Å². The fraction of sp³-hybridized carbons (Fsp3) is 0.900. The van der Waals surface area contributed by atoms with Crippen LogP contribution in [0.5, 0.6) is 0 Å². The summed E-state index contributed by atoms with van der Waals surface area (Å²) in [5.41, 5.74) is 0. The van der Waals surface area contributed by atoms with Crippen LogP contribution in [0.15, 0.2) is 0 Å². The van der Waals surface area contributed by atoms with Crippen LogP contribution < -0.4 is 0 Å². The zero-order valence-electron chi connectivity index (χ0n) is 9.15. The highest BCUT2D eigenvalue weighted by Crippen LogP contribution is 2.23. The van der Waals surface area contributed by atoms with Gasteiger partial charge >= 0.3 is 0 Å². The predicted molar refractivity (Wildman–Crippen MR) is 58.6 cm³/mol. The Hall–Kier alpha value is -0.600. The Kier molecular flexibility index (Phi) is 4.55. The molecule has 0 unspecified atom stereocenters. The number of nitrogens with zero attached hydrogens (tertiary/aromatic N) is 2. The Bertz CT molecular complexity index is 324. The van der Waals surface area contributed by atoms with Crippen LogP contribution in [0.25, 0.3) is 0 Å². The Balaban J connectivity index is 2.47. The maximum absolute atomic E-state index is 11.6. The summed E-state index contributed by atoms with van der Waals surface area (Å²) in [6.07, 6.45) is 4.23. The second kappa shape index (κ2) is 5.47. The number of nitriles is 1. The third-order valence-electron chi connectivity index (χ3n) is 2.91. The molecule has 0 aromatic carbocycles. The average molecular weight is 230 g/mol. The van der Waals surface area contributed by atoms with Gasteiger partial charge in [-0.25, -0.2) is 12.7 Å². The monoisotopic (exact) mass is 230 g/mol. The number of hydrogen-bond donors (Lipinski definition) is 0. The van der Waals surface area contributed by atoms with Crippen LogP contribution in [0.3, 0.4) is 0 Å². The van der Waals surface area contributed by atoms with Crippen LogP contribution >= 0.6 is 0 Å². The summed E-state index contributed by atoms with van der Waals surface area (Å²) in [5, 5.41) is 8.41. The lowest BCUT2D eigenvalue weighted by Crippen LogP contribution is -2.39.